The fourth-order valence-electron chi connectivity index (χ4n) is 1.46. The van der Waals surface area contributed by atoms with Crippen LogP contribution in [0.4, 0.5) is 0 Å². The van der Waals surface area contributed by atoms with Gasteiger partial charge in [-0.1, -0.05) is 20.3 Å². The lowest BCUT2D eigenvalue weighted by atomic mass is 10.0. The average Bonchev–Trinajstić information content (AvgIpc) is 2.24. The summed E-state index contributed by atoms with van der Waals surface area (Å²) in [5, 5.41) is 11.4. The Hall–Kier alpha value is -1.59. The Morgan fingerprint density at radius 1 is 1.20 bits per heavy atom. The molecule has 0 aromatic heterocycles. The molecule has 0 aliphatic carbocycles. The number of hydrogen-bond acceptors (Lipinski definition) is 4. The summed E-state index contributed by atoms with van der Waals surface area (Å²) in [7, 11) is 0. The van der Waals surface area contributed by atoms with Gasteiger partial charge in [-0.25, -0.2) is 4.79 Å². The van der Waals surface area contributed by atoms with Crippen LogP contribution in [-0.2, 0) is 19.1 Å². The molecule has 6 nitrogen and oxygen atoms in total. The Bertz CT molecular complexity index is 359. The highest BCUT2D eigenvalue weighted by Crippen LogP contribution is 2.10. The van der Waals surface area contributed by atoms with E-state index in [1.807, 2.05) is 13.8 Å². The highest BCUT2D eigenvalue weighted by molar-refractivity contribution is 5.87. The standard InChI is InChI=1S/C14H25NO5/c1-6-9(2)7-11(16)15-10(13(18)19)8-12(17)20-14(3,4)5/h9-10H,6-8H2,1-5H3,(H,15,16)(H,18,19)/t9?,10-/m0/s1. The van der Waals surface area contributed by atoms with Crippen molar-refractivity contribution in [2.75, 3.05) is 0 Å². The lowest BCUT2D eigenvalue weighted by Crippen LogP contribution is -2.43. The normalized spacial score (nSPS) is 14.2. The second kappa shape index (κ2) is 7.87. The summed E-state index contributed by atoms with van der Waals surface area (Å²) in [5.74, 6) is -2.08. The number of carbonyl (C=O) groups excluding carboxylic acids is 2. The smallest absolute Gasteiger partial charge is 0.326 e. The quantitative estimate of drug-likeness (QED) is 0.695. The van der Waals surface area contributed by atoms with Crippen LogP contribution in [0.2, 0.25) is 0 Å². The molecule has 0 aliphatic heterocycles. The molecule has 20 heavy (non-hydrogen) atoms. The maximum absolute atomic E-state index is 11.7. The monoisotopic (exact) mass is 287 g/mol. The van der Waals surface area contributed by atoms with Crippen molar-refractivity contribution in [1.29, 1.82) is 0 Å². The third-order valence-electron chi connectivity index (χ3n) is 2.65. The Morgan fingerprint density at radius 2 is 1.75 bits per heavy atom. The van der Waals surface area contributed by atoms with Crippen molar-refractivity contribution in [2.24, 2.45) is 5.92 Å². The Kier molecular flexibility index (Phi) is 7.24. The zero-order chi connectivity index (χ0) is 15.9. The molecule has 0 heterocycles. The van der Waals surface area contributed by atoms with E-state index >= 15 is 0 Å². The van der Waals surface area contributed by atoms with Crippen molar-refractivity contribution in [2.45, 2.75) is 65.5 Å². The van der Waals surface area contributed by atoms with E-state index in [0.29, 0.717) is 0 Å². The summed E-state index contributed by atoms with van der Waals surface area (Å²) in [6.07, 6.45) is 0.699. The molecule has 2 N–H and O–H groups in total. The van der Waals surface area contributed by atoms with Crippen LogP contribution in [-0.4, -0.2) is 34.6 Å². The summed E-state index contributed by atoms with van der Waals surface area (Å²) in [6, 6.07) is -1.25. The predicted molar refractivity (Wildman–Crippen MR) is 74.1 cm³/mol. The minimum absolute atomic E-state index is 0.172. The van der Waals surface area contributed by atoms with E-state index in [4.69, 9.17) is 9.84 Å². The van der Waals surface area contributed by atoms with E-state index in [-0.39, 0.29) is 24.7 Å². The molecule has 0 aromatic rings. The molecule has 6 heteroatoms. The SMILES string of the molecule is CCC(C)CC(=O)N[C@@H](CC(=O)OC(C)(C)C)C(=O)O. The van der Waals surface area contributed by atoms with Crippen molar-refractivity contribution in [3.05, 3.63) is 0 Å². The first-order valence-electron chi connectivity index (χ1n) is 6.79. The molecular weight excluding hydrogens is 262 g/mol. The summed E-state index contributed by atoms with van der Waals surface area (Å²) >= 11 is 0. The van der Waals surface area contributed by atoms with Crippen LogP contribution < -0.4 is 5.32 Å². The van der Waals surface area contributed by atoms with Gasteiger partial charge in [-0.15, -0.1) is 0 Å². The number of hydrogen-bond donors (Lipinski definition) is 2. The second-order valence-corrected chi connectivity index (χ2v) is 5.97. The molecule has 116 valence electrons. The van der Waals surface area contributed by atoms with Crippen molar-refractivity contribution in [3.63, 3.8) is 0 Å². The van der Waals surface area contributed by atoms with Gasteiger partial charge >= 0.3 is 11.9 Å². The van der Waals surface area contributed by atoms with Gasteiger partial charge in [-0.3, -0.25) is 9.59 Å². The van der Waals surface area contributed by atoms with Gasteiger partial charge in [0.25, 0.3) is 0 Å². The van der Waals surface area contributed by atoms with E-state index in [1.54, 1.807) is 20.8 Å². The van der Waals surface area contributed by atoms with Gasteiger partial charge in [0.2, 0.25) is 5.91 Å². The van der Waals surface area contributed by atoms with E-state index in [0.717, 1.165) is 6.42 Å². The van der Waals surface area contributed by atoms with Crippen molar-refractivity contribution in [1.82, 2.24) is 5.32 Å². The van der Waals surface area contributed by atoms with Gasteiger partial charge in [0.05, 0.1) is 6.42 Å². The van der Waals surface area contributed by atoms with Crippen LogP contribution in [0.5, 0.6) is 0 Å². The molecule has 0 fully saturated rings. The maximum Gasteiger partial charge on any atom is 0.326 e. The van der Waals surface area contributed by atoms with Gasteiger partial charge in [0.15, 0.2) is 0 Å². The first-order valence-corrected chi connectivity index (χ1v) is 6.79. The van der Waals surface area contributed by atoms with Crippen molar-refractivity contribution >= 4 is 17.8 Å². The van der Waals surface area contributed by atoms with Gasteiger partial charge in [-0.2, -0.15) is 0 Å². The minimum atomic E-state index is -1.25. The minimum Gasteiger partial charge on any atom is -0.480 e. The average molecular weight is 287 g/mol. The van der Waals surface area contributed by atoms with Gasteiger partial charge in [0.1, 0.15) is 11.6 Å². The summed E-state index contributed by atoms with van der Waals surface area (Å²) in [6.45, 7) is 8.95. The van der Waals surface area contributed by atoms with Crippen LogP contribution in [0.3, 0.4) is 0 Å². The zero-order valence-corrected chi connectivity index (χ0v) is 12.9. The van der Waals surface area contributed by atoms with Gasteiger partial charge < -0.3 is 15.2 Å². The van der Waals surface area contributed by atoms with E-state index in [2.05, 4.69) is 5.32 Å². The lowest BCUT2D eigenvalue weighted by molar-refractivity contribution is -0.158. The molecule has 0 aromatic carbocycles. The predicted octanol–water partition coefficient (Wildman–Crippen LogP) is 1.72. The molecule has 1 amide bonds. The van der Waals surface area contributed by atoms with Crippen LogP contribution in [0.1, 0.15) is 53.9 Å². The number of aliphatic carboxylic acids is 1. The number of carboxylic acids is 1. The molecule has 0 rings (SSSR count). The zero-order valence-electron chi connectivity index (χ0n) is 12.9. The number of esters is 1. The topological polar surface area (TPSA) is 92.7 Å². The number of ether oxygens (including phenoxy) is 1. The van der Waals surface area contributed by atoms with Crippen LogP contribution in [0.25, 0.3) is 0 Å². The maximum atomic E-state index is 11.7. The summed E-state index contributed by atoms with van der Waals surface area (Å²) in [4.78, 5) is 34.3. The molecule has 0 spiro atoms. The first-order chi connectivity index (χ1) is 9.05. The molecule has 0 saturated carbocycles. The fourth-order valence-corrected chi connectivity index (χ4v) is 1.46. The Labute approximate surface area is 119 Å². The Balaban J connectivity index is 4.48. The third-order valence-corrected chi connectivity index (χ3v) is 2.65. The lowest BCUT2D eigenvalue weighted by Gasteiger charge is -2.21. The number of amides is 1. The van der Waals surface area contributed by atoms with E-state index < -0.39 is 23.6 Å². The first kappa shape index (κ1) is 18.4. The van der Waals surface area contributed by atoms with Crippen LogP contribution in [0, 0.1) is 5.92 Å². The fraction of sp³-hybridized carbons (Fsp3) is 0.786. The third kappa shape index (κ3) is 8.50. The highest BCUT2D eigenvalue weighted by Gasteiger charge is 2.26. The molecule has 0 radical (unpaired) electrons. The summed E-state index contributed by atoms with van der Waals surface area (Å²) < 4.78 is 5.05. The highest BCUT2D eigenvalue weighted by atomic mass is 16.6. The molecule has 2 atom stereocenters. The van der Waals surface area contributed by atoms with Gasteiger partial charge in [0, 0.05) is 6.42 Å². The van der Waals surface area contributed by atoms with Crippen LogP contribution >= 0.6 is 0 Å². The van der Waals surface area contributed by atoms with Crippen molar-refractivity contribution in [3.8, 4) is 0 Å². The number of carbonyl (C=O) groups is 3. The van der Waals surface area contributed by atoms with E-state index in [1.165, 1.54) is 0 Å². The molecule has 1 unspecified atom stereocenters. The molecule has 0 bridgehead atoms. The van der Waals surface area contributed by atoms with Crippen LogP contribution in [0.15, 0.2) is 0 Å². The largest absolute Gasteiger partial charge is 0.480 e. The second-order valence-electron chi connectivity index (χ2n) is 5.97. The molecule has 0 aliphatic rings. The molecule has 0 saturated heterocycles. The number of carboxylic acid groups (broad SMARTS) is 1. The number of rotatable bonds is 7. The summed E-state index contributed by atoms with van der Waals surface area (Å²) in [5.41, 5.74) is -0.680. The van der Waals surface area contributed by atoms with Crippen molar-refractivity contribution < 1.29 is 24.2 Å². The van der Waals surface area contributed by atoms with E-state index in [9.17, 15) is 14.4 Å². The molecular formula is C14H25NO5. The Morgan fingerprint density at radius 3 is 2.15 bits per heavy atom. The number of nitrogens with one attached hydrogen (secondary N) is 1. The van der Waals surface area contributed by atoms with Gasteiger partial charge in [-0.05, 0) is 26.7 Å².